The van der Waals surface area contributed by atoms with Crippen molar-refractivity contribution in [1.29, 1.82) is 0 Å². The molecule has 4 saturated carbocycles. The van der Waals surface area contributed by atoms with Gasteiger partial charge in [0.05, 0.1) is 44.1 Å². The van der Waals surface area contributed by atoms with Crippen LogP contribution in [0.3, 0.4) is 0 Å². The molecule has 9 aliphatic rings. The zero-order valence-electron chi connectivity index (χ0n) is 50.0. The van der Waals surface area contributed by atoms with Crippen molar-refractivity contribution in [2.45, 2.75) is 249 Å². The average molecular weight is 1220 g/mol. The zero-order chi connectivity index (χ0) is 62.6. The van der Waals surface area contributed by atoms with E-state index >= 15 is 0 Å². The molecule has 26 nitrogen and oxygen atoms in total. The Kier molecular flexibility index (Phi) is 19.1. The van der Waals surface area contributed by atoms with Crippen LogP contribution >= 0.6 is 0 Å². The third-order valence-electron chi connectivity index (χ3n) is 22.2. The molecule has 0 aromatic heterocycles. The molecule has 0 aromatic rings. The van der Waals surface area contributed by atoms with Gasteiger partial charge in [0.25, 0.3) is 0 Å². The van der Waals surface area contributed by atoms with Crippen LogP contribution in [0.2, 0.25) is 0 Å². The summed E-state index contributed by atoms with van der Waals surface area (Å²) >= 11 is 0. The molecule has 8 fully saturated rings. The Bertz CT molecular complexity index is 2490. The lowest BCUT2D eigenvalue weighted by Crippen LogP contribution is -2.72. The fourth-order valence-corrected chi connectivity index (χ4v) is 17.1. The second kappa shape index (κ2) is 24.4. The maximum atomic E-state index is 13.5. The van der Waals surface area contributed by atoms with Crippen molar-refractivity contribution in [3.05, 3.63) is 23.3 Å². The van der Waals surface area contributed by atoms with Gasteiger partial charge in [0, 0.05) is 17.9 Å². The minimum atomic E-state index is -2.21. The number of allylic oxidation sites excluding steroid dienone is 3. The molecular formula is C59H92O26. The van der Waals surface area contributed by atoms with Gasteiger partial charge >= 0.3 is 17.9 Å². The van der Waals surface area contributed by atoms with E-state index < -0.39 is 218 Å². The third-order valence-corrected chi connectivity index (χ3v) is 22.2. The summed E-state index contributed by atoms with van der Waals surface area (Å²) in [6.45, 7) is 16.7. The van der Waals surface area contributed by atoms with Gasteiger partial charge in [0.2, 0.25) is 0 Å². The summed E-state index contributed by atoms with van der Waals surface area (Å²) in [4.78, 5) is 39.6. The van der Waals surface area contributed by atoms with Gasteiger partial charge in [-0.15, -0.1) is 0 Å². The number of esters is 2. The topological polar surface area (TPSA) is 407 Å². The van der Waals surface area contributed by atoms with Gasteiger partial charge < -0.3 is 114 Å². The Hall–Kier alpha value is -2.91. The Morgan fingerprint density at radius 2 is 1.27 bits per heavy atom. The Balaban J connectivity index is 1.04. The maximum Gasteiger partial charge on any atom is 0.335 e. The average Bonchev–Trinajstić information content (AvgIpc) is 0.712. The number of carboxylic acids is 1. The molecule has 0 aromatic carbocycles. The summed E-state index contributed by atoms with van der Waals surface area (Å²) in [5.74, 6) is -3.55. The fraction of sp³-hybridized carbons (Fsp3) is 0.881. The van der Waals surface area contributed by atoms with Crippen molar-refractivity contribution in [2.24, 2.45) is 50.2 Å². The van der Waals surface area contributed by atoms with Crippen LogP contribution < -0.4 is 0 Å². The molecule has 13 N–H and O–H groups in total. The Morgan fingerprint density at radius 3 is 1.89 bits per heavy atom. The van der Waals surface area contributed by atoms with E-state index in [9.17, 15) is 80.8 Å². The van der Waals surface area contributed by atoms with Gasteiger partial charge in [0.15, 0.2) is 31.3 Å². The lowest BCUT2D eigenvalue weighted by atomic mass is 9.33. The molecule has 4 heterocycles. The van der Waals surface area contributed by atoms with Crippen molar-refractivity contribution in [1.82, 2.24) is 0 Å². The number of aliphatic hydroxyl groups is 12. The number of ether oxygens (including phenoxy) is 10. The van der Waals surface area contributed by atoms with Gasteiger partial charge in [-0.3, -0.25) is 4.79 Å². The van der Waals surface area contributed by atoms with Crippen LogP contribution in [0.15, 0.2) is 23.3 Å². The molecule has 0 radical (unpaired) electrons. The molecule has 26 heteroatoms. The van der Waals surface area contributed by atoms with E-state index in [0.29, 0.717) is 44.1 Å². The number of carboxylic acid groups (broad SMARTS) is 1. The first-order chi connectivity index (χ1) is 39.7. The fourth-order valence-electron chi connectivity index (χ4n) is 17.1. The van der Waals surface area contributed by atoms with E-state index in [1.165, 1.54) is 6.92 Å². The normalized spacial score (nSPS) is 50.5. The monoisotopic (exact) mass is 1220 g/mol. The molecule has 2 unspecified atom stereocenters. The first-order valence-corrected chi connectivity index (χ1v) is 29.8. The van der Waals surface area contributed by atoms with Crippen LogP contribution in [-0.4, -0.2) is 246 Å². The molecule has 0 spiro atoms. The summed E-state index contributed by atoms with van der Waals surface area (Å²) in [6, 6.07) is 0. The Labute approximate surface area is 493 Å². The molecule has 0 bridgehead atoms. The predicted molar refractivity (Wildman–Crippen MR) is 288 cm³/mol. The first-order valence-electron chi connectivity index (χ1n) is 29.8. The number of aliphatic carboxylic acids is 1. The molecule has 4 aliphatic heterocycles. The second-order valence-corrected chi connectivity index (χ2v) is 27.6. The van der Waals surface area contributed by atoms with Gasteiger partial charge in [-0.25, -0.2) is 9.59 Å². The van der Waals surface area contributed by atoms with E-state index in [1.807, 2.05) is 27.7 Å². The van der Waals surface area contributed by atoms with Gasteiger partial charge in [0.1, 0.15) is 91.6 Å². The largest absolute Gasteiger partial charge is 0.479 e. The molecule has 9 rings (SSSR count). The number of rotatable bonds is 14. The molecule has 5 aliphatic carbocycles. The Morgan fingerprint density at radius 1 is 0.647 bits per heavy atom. The maximum absolute atomic E-state index is 13.5. The smallest absolute Gasteiger partial charge is 0.335 e. The third kappa shape index (κ3) is 11.1. The second-order valence-electron chi connectivity index (χ2n) is 27.6. The highest BCUT2D eigenvalue weighted by molar-refractivity contribution is 5.87. The highest BCUT2D eigenvalue weighted by Crippen LogP contribution is 2.76. The summed E-state index contributed by atoms with van der Waals surface area (Å²) in [6.07, 6.45) is -30.6. The summed E-state index contributed by atoms with van der Waals surface area (Å²) in [5, 5.41) is 144. The van der Waals surface area contributed by atoms with Crippen LogP contribution in [0.1, 0.15) is 114 Å². The quantitative estimate of drug-likeness (QED) is 0.0421. The predicted octanol–water partition coefficient (Wildman–Crippen LogP) is -1.19. The van der Waals surface area contributed by atoms with Crippen molar-refractivity contribution >= 4 is 17.9 Å². The van der Waals surface area contributed by atoms with Crippen LogP contribution in [-0.2, 0) is 61.8 Å². The van der Waals surface area contributed by atoms with Crippen LogP contribution in [0.5, 0.6) is 0 Å². The number of carbonyl (C=O) groups is 3. The van der Waals surface area contributed by atoms with E-state index in [0.717, 1.165) is 5.57 Å². The van der Waals surface area contributed by atoms with E-state index in [1.54, 1.807) is 19.9 Å². The zero-order valence-corrected chi connectivity index (χ0v) is 50.0. The van der Waals surface area contributed by atoms with E-state index in [4.69, 9.17) is 47.4 Å². The van der Waals surface area contributed by atoms with Crippen molar-refractivity contribution < 1.29 is 128 Å². The lowest BCUT2D eigenvalue weighted by molar-refractivity contribution is -0.399. The van der Waals surface area contributed by atoms with E-state index in [2.05, 4.69) is 26.8 Å². The van der Waals surface area contributed by atoms with Crippen molar-refractivity contribution in [3.63, 3.8) is 0 Å². The van der Waals surface area contributed by atoms with Crippen LogP contribution in [0.25, 0.3) is 0 Å². The molecular weight excluding hydrogens is 1120 g/mol. The molecule has 0 amide bonds. The SMILES string of the molecule is C/C=C(\C)C(=O)O[C@H]1[C@H](OC(C)=O)[C@@]2(CO)C(CC1(C)C)C1=CC[C@@H]3[C@@]4(C)CC[C@H](O[C@@H]5O[C@H](C(=O)O)[C@@H](O)[C@H](O[C@@H]6OC[C@H](O)[C@H](O)[C@H]6O[C@@H]6OC[C@@H](O)[C@H](O)[C@H]6O)[C@H]5O[C@@H]5O[C@H](CO)[C@H](O)[C@H](O)[C@H]5O)C(C)(C)C4CC[C@@]3(C)[C@]1(C)C[C@H]2O. The van der Waals surface area contributed by atoms with Crippen LogP contribution in [0.4, 0.5) is 0 Å². The highest BCUT2D eigenvalue weighted by atomic mass is 16.8. The minimum Gasteiger partial charge on any atom is -0.479 e. The van der Waals surface area contributed by atoms with E-state index in [-0.39, 0.29) is 18.3 Å². The molecule has 85 heavy (non-hydrogen) atoms. The highest BCUT2D eigenvalue weighted by Gasteiger charge is 2.74. The number of hydrogen-bond acceptors (Lipinski definition) is 25. The number of fused-ring (bicyclic) bond motifs is 7. The molecule has 4 saturated heterocycles. The summed E-state index contributed by atoms with van der Waals surface area (Å²) in [7, 11) is 0. The van der Waals surface area contributed by atoms with Gasteiger partial charge in [-0.1, -0.05) is 66.2 Å². The molecule has 484 valence electrons. The minimum absolute atomic E-state index is 0.00886. The number of carbonyl (C=O) groups excluding carboxylic acids is 2. The van der Waals surface area contributed by atoms with Gasteiger partial charge in [-0.2, -0.15) is 0 Å². The standard InChI is InChI=1S/C59H92O26/c1-11-24(2)49(75)85-46-47(78-25(3)62)59(23-61)27(18-54(46,4)5)26-12-13-32-56(8)16-15-34(55(6,7)31(56)14-17-57(32,9)58(26,10)19-33(59)65)80-53-45(84-51-40(71)38(69)37(68)30(20-60)79-51)42(41(72)43(82-53)48(73)74)81-52-44(36(67)29(64)22-77-52)83-50-39(70)35(66)28(63)21-76-50/h11-12,27-47,50-53,60-61,63-72H,13-23H2,1-10H3,(H,73,74)/b24-11+/t27?,28-,29+,30-,31?,32-,33-,34+,35+,36+,37+,38+,39-,40-,41+,42+,43+,44-,45-,46+,47+,50+,51+,52+,53-,56+,57-,58-,59+/m1/s1. The van der Waals surface area contributed by atoms with Crippen molar-refractivity contribution in [2.75, 3.05) is 26.4 Å². The number of aliphatic hydroxyl groups excluding tert-OH is 12. The van der Waals surface area contributed by atoms with Gasteiger partial charge in [-0.05, 0) is 98.2 Å². The van der Waals surface area contributed by atoms with Crippen LogP contribution in [0, 0.1) is 50.2 Å². The van der Waals surface area contributed by atoms with Crippen molar-refractivity contribution in [3.8, 4) is 0 Å². The number of hydrogen-bond donors (Lipinski definition) is 13. The first kappa shape index (κ1) is 66.5. The summed E-state index contributed by atoms with van der Waals surface area (Å²) < 4.78 is 60.9. The summed E-state index contributed by atoms with van der Waals surface area (Å²) in [5.41, 5.74) is -3.17. The molecule has 29 atom stereocenters. The lowest BCUT2D eigenvalue weighted by Gasteiger charge is -2.72.